The fourth-order valence-corrected chi connectivity index (χ4v) is 2.47. The van der Waals surface area contributed by atoms with Crippen molar-refractivity contribution in [2.24, 2.45) is 5.92 Å². The highest BCUT2D eigenvalue weighted by molar-refractivity contribution is 6.34. The standard InChI is InChI=1S/C12H16ClN3O2/c1-2-15(7-8-3-4-8)11(17)10-9(13)12-16(14-10)5-6-18-12/h8H,2-7H2,1H3. The number of amides is 1. The fourth-order valence-electron chi connectivity index (χ4n) is 2.20. The summed E-state index contributed by atoms with van der Waals surface area (Å²) in [4.78, 5) is 14.2. The van der Waals surface area contributed by atoms with Crippen molar-refractivity contribution in [3.8, 4) is 5.88 Å². The number of ether oxygens (including phenoxy) is 1. The molecule has 98 valence electrons. The molecule has 2 heterocycles. The van der Waals surface area contributed by atoms with Gasteiger partial charge in [0.05, 0.1) is 6.54 Å². The van der Waals surface area contributed by atoms with E-state index >= 15 is 0 Å². The molecule has 1 aliphatic carbocycles. The third-order valence-electron chi connectivity index (χ3n) is 3.44. The Kier molecular flexibility index (Phi) is 2.93. The molecule has 1 saturated carbocycles. The second kappa shape index (κ2) is 4.46. The average molecular weight is 270 g/mol. The summed E-state index contributed by atoms with van der Waals surface area (Å²) in [5.41, 5.74) is 0.328. The lowest BCUT2D eigenvalue weighted by Gasteiger charge is -2.19. The molecule has 1 aromatic heterocycles. The lowest BCUT2D eigenvalue weighted by atomic mass is 10.3. The minimum atomic E-state index is -0.0834. The van der Waals surface area contributed by atoms with Crippen LogP contribution < -0.4 is 4.74 Å². The van der Waals surface area contributed by atoms with Gasteiger partial charge < -0.3 is 9.64 Å². The summed E-state index contributed by atoms with van der Waals surface area (Å²) in [5.74, 6) is 1.11. The summed E-state index contributed by atoms with van der Waals surface area (Å²) in [6, 6.07) is 0. The van der Waals surface area contributed by atoms with Crippen LogP contribution in [0.25, 0.3) is 0 Å². The van der Waals surface area contributed by atoms with Crippen molar-refractivity contribution in [2.75, 3.05) is 19.7 Å². The lowest BCUT2D eigenvalue weighted by molar-refractivity contribution is 0.0750. The van der Waals surface area contributed by atoms with Crippen LogP contribution in [0.2, 0.25) is 5.02 Å². The van der Waals surface area contributed by atoms with E-state index < -0.39 is 0 Å². The van der Waals surface area contributed by atoms with Gasteiger partial charge in [0, 0.05) is 13.1 Å². The second-order valence-electron chi connectivity index (χ2n) is 4.83. The van der Waals surface area contributed by atoms with Gasteiger partial charge in [-0.3, -0.25) is 4.79 Å². The summed E-state index contributed by atoms with van der Waals surface area (Å²) in [7, 11) is 0. The van der Waals surface area contributed by atoms with Crippen LogP contribution in [0.4, 0.5) is 0 Å². The number of carbonyl (C=O) groups excluding carboxylic acids is 1. The zero-order chi connectivity index (χ0) is 12.7. The highest BCUT2D eigenvalue weighted by atomic mass is 35.5. The van der Waals surface area contributed by atoms with Crippen LogP contribution in [0.1, 0.15) is 30.3 Å². The molecule has 0 saturated heterocycles. The number of carbonyl (C=O) groups is 1. The van der Waals surface area contributed by atoms with Gasteiger partial charge in [-0.25, -0.2) is 4.68 Å². The second-order valence-corrected chi connectivity index (χ2v) is 5.20. The van der Waals surface area contributed by atoms with Crippen molar-refractivity contribution in [3.05, 3.63) is 10.7 Å². The van der Waals surface area contributed by atoms with Gasteiger partial charge in [0.15, 0.2) is 5.69 Å². The number of fused-ring (bicyclic) bond motifs is 1. The van der Waals surface area contributed by atoms with E-state index in [2.05, 4.69) is 5.10 Å². The Morgan fingerprint density at radius 3 is 3.00 bits per heavy atom. The number of rotatable bonds is 4. The molecule has 0 aromatic carbocycles. The lowest BCUT2D eigenvalue weighted by Crippen LogP contribution is -2.33. The number of hydrogen-bond donors (Lipinski definition) is 0. The molecule has 2 aliphatic rings. The summed E-state index contributed by atoms with van der Waals surface area (Å²) < 4.78 is 7.03. The van der Waals surface area contributed by atoms with Gasteiger partial charge in [-0.15, -0.1) is 0 Å². The van der Waals surface area contributed by atoms with E-state index in [1.54, 1.807) is 4.68 Å². The molecular formula is C12H16ClN3O2. The fraction of sp³-hybridized carbons (Fsp3) is 0.667. The van der Waals surface area contributed by atoms with E-state index in [0.717, 1.165) is 6.54 Å². The first-order chi connectivity index (χ1) is 8.70. The van der Waals surface area contributed by atoms with Crippen molar-refractivity contribution >= 4 is 17.5 Å². The summed E-state index contributed by atoms with van der Waals surface area (Å²) >= 11 is 6.16. The van der Waals surface area contributed by atoms with Crippen LogP contribution in [0.3, 0.4) is 0 Å². The Morgan fingerprint density at radius 2 is 2.39 bits per heavy atom. The first-order valence-electron chi connectivity index (χ1n) is 6.39. The Morgan fingerprint density at radius 1 is 1.61 bits per heavy atom. The average Bonchev–Trinajstić information content (AvgIpc) is 2.97. The molecule has 0 atom stereocenters. The number of aromatic nitrogens is 2. The van der Waals surface area contributed by atoms with Gasteiger partial charge in [0.2, 0.25) is 5.88 Å². The van der Waals surface area contributed by atoms with E-state index in [9.17, 15) is 4.79 Å². The predicted octanol–water partition coefficient (Wildman–Crippen LogP) is 1.80. The third kappa shape index (κ3) is 1.96. The first-order valence-corrected chi connectivity index (χ1v) is 6.77. The molecule has 0 N–H and O–H groups in total. The van der Waals surface area contributed by atoms with Crippen molar-refractivity contribution < 1.29 is 9.53 Å². The smallest absolute Gasteiger partial charge is 0.276 e. The molecular weight excluding hydrogens is 254 g/mol. The molecule has 5 nitrogen and oxygen atoms in total. The number of hydrogen-bond acceptors (Lipinski definition) is 3. The van der Waals surface area contributed by atoms with Crippen LogP contribution in [0.15, 0.2) is 0 Å². The zero-order valence-electron chi connectivity index (χ0n) is 10.4. The Hall–Kier alpha value is -1.23. The highest BCUT2D eigenvalue weighted by Gasteiger charge is 2.31. The van der Waals surface area contributed by atoms with E-state index in [-0.39, 0.29) is 5.91 Å². The van der Waals surface area contributed by atoms with E-state index in [1.165, 1.54) is 12.8 Å². The minimum absolute atomic E-state index is 0.0834. The maximum Gasteiger partial charge on any atom is 0.276 e. The molecule has 18 heavy (non-hydrogen) atoms. The molecule has 6 heteroatoms. The van der Waals surface area contributed by atoms with Gasteiger partial charge >= 0.3 is 0 Å². The van der Waals surface area contributed by atoms with Crippen molar-refractivity contribution in [3.63, 3.8) is 0 Å². The molecule has 1 amide bonds. The van der Waals surface area contributed by atoms with Crippen molar-refractivity contribution in [1.29, 1.82) is 0 Å². The highest BCUT2D eigenvalue weighted by Crippen LogP contribution is 2.33. The van der Waals surface area contributed by atoms with Crippen molar-refractivity contribution in [2.45, 2.75) is 26.3 Å². The maximum atomic E-state index is 12.4. The van der Waals surface area contributed by atoms with Crippen LogP contribution >= 0.6 is 11.6 Å². The minimum Gasteiger partial charge on any atom is -0.475 e. The number of halogens is 1. The van der Waals surface area contributed by atoms with E-state index in [0.29, 0.717) is 42.2 Å². The van der Waals surface area contributed by atoms with Gasteiger partial charge in [-0.05, 0) is 25.7 Å². The normalized spacial score (nSPS) is 17.4. The summed E-state index contributed by atoms with van der Waals surface area (Å²) in [6.45, 7) is 4.73. The van der Waals surface area contributed by atoms with Gasteiger partial charge in [-0.1, -0.05) is 11.6 Å². The Balaban J connectivity index is 1.82. The van der Waals surface area contributed by atoms with Gasteiger partial charge in [-0.2, -0.15) is 5.10 Å². The molecule has 0 bridgehead atoms. The topological polar surface area (TPSA) is 47.4 Å². The van der Waals surface area contributed by atoms with Crippen LogP contribution in [-0.2, 0) is 6.54 Å². The molecule has 0 radical (unpaired) electrons. The van der Waals surface area contributed by atoms with Gasteiger partial charge in [0.25, 0.3) is 5.91 Å². The van der Waals surface area contributed by atoms with Crippen LogP contribution in [0, 0.1) is 5.92 Å². The SMILES string of the molecule is CCN(CC1CC1)C(=O)c1nn2c(c1Cl)OCC2. The summed E-state index contributed by atoms with van der Waals surface area (Å²) in [6.07, 6.45) is 2.45. The van der Waals surface area contributed by atoms with Crippen LogP contribution in [-0.4, -0.2) is 40.3 Å². The van der Waals surface area contributed by atoms with Crippen LogP contribution in [0.5, 0.6) is 5.88 Å². The van der Waals surface area contributed by atoms with Crippen molar-refractivity contribution in [1.82, 2.24) is 14.7 Å². The summed E-state index contributed by atoms with van der Waals surface area (Å²) in [5, 5.41) is 4.61. The quantitative estimate of drug-likeness (QED) is 0.837. The molecule has 0 spiro atoms. The van der Waals surface area contributed by atoms with E-state index in [1.807, 2.05) is 11.8 Å². The molecule has 0 unspecified atom stereocenters. The molecule has 1 aliphatic heterocycles. The zero-order valence-corrected chi connectivity index (χ0v) is 11.1. The van der Waals surface area contributed by atoms with Gasteiger partial charge in [0.1, 0.15) is 11.6 Å². The molecule has 1 fully saturated rings. The predicted molar refractivity (Wildman–Crippen MR) is 67.0 cm³/mol. The number of nitrogens with zero attached hydrogens (tertiary/aromatic N) is 3. The maximum absolute atomic E-state index is 12.4. The van der Waals surface area contributed by atoms with E-state index in [4.69, 9.17) is 16.3 Å². The largest absolute Gasteiger partial charge is 0.475 e. The molecule has 3 rings (SSSR count). The monoisotopic (exact) mass is 269 g/mol. The Labute approximate surface area is 111 Å². The first kappa shape index (κ1) is 11.8. The molecule has 1 aromatic rings. The third-order valence-corrected chi connectivity index (χ3v) is 3.78. The Bertz CT molecular complexity index is 482.